The minimum absolute atomic E-state index is 0.0603. The molecule has 1 aromatic rings. The molecule has 2 bridgehead atoms. The summed E-state index contributed by atoms with van der Waals surface area (Å²) in [6.45, 7) is 5.40. The number of anilines is 1. The first kappa shape index (κ1) is 24.2. The summed E-state index contributed by atoms with van der Waals surface area (Å²) in [6.07, 6.45) is 1.65. The number of likely N-dealkylation sites (tertiary alicyclic amines) is 1. The lowest BCUT2D eigenvalue weighted by atomic mass is 9.70. The summed E-state index contributed by atoms with van der Waals surface area (Å²) in [5.41, 5.74) is -0.479. The molecule has 8 nitrogen and oxygen atoms in total. The smallest absolute Gasteiger partial charge is 0.246 e. The largest absolute Gasteiger partial charge is 0.394 e. The number of rotatable bonds is 8. The summed E-state index contributed by atoms with van der Waals surface area (Å²) < 4.78 is 6.43. The molecule has 3 heterocycles. The van der Waals surface area contributed by atoms with Crippen molar-refractivity contribution in [3.05, 3.63) is 30.3 Å². The summed E-state index contributed by atoms with van der Waals surface area (Å²) >= 11 is 3.65. The third-order valence-electron chi connectivity index (χ3n) is 7.17. The first-order valence-electron chi connectivity index (χ1n) is 11.7. The number of para-hydroxylation sites is 1. The predicted molar refractivity (Wildman–Crippen MR) is 127 cm³/mol. The van der Waals surface area contributed by atoms with Gasteiger partial charge in [0.05, 0.1) is 30.6 Å². The fourth-order valence-corrected chi connectivity index (χ4v) is 6.75. The Kier molecular flexibility index (Phi) is 6.85. The van der Waals surface area contributed by atoms with Crippen LogP contribution < -0.4 is 10.6 Å². The molecule has 33 heavy (non-hydrogen) atoms. The van der Waals surface area contributed by atoms with Crippen molar-refractivity contribution in [1.82, 2.24) is 10.2 Å². The van der Waals surface area contributed by atoms with Gasteiger partial charge in [0.2, 0.25) is 17.7 Å². The van der Waals surface area contributed by atoms with E-state index in [9.17, 15) is 19.5 Å². The molecule has 0 saturated carbocycles. The molecule has 0 aliphatic carbocycles. The molecule has 180 valence electrons. The van der Waals surface area contributed by atoms with Gasteiger partial charge in [-0.3, -0.25) is 14.4 Å². The quantitative estimate of drug-likeness (QED) is 0.453. The van der Waals surface area contributed by atoms with Crippen LogP contribution in [0.2, 0.25) is 0 Å². The molecule has 3 aliphatic rings. The van der Waals surface area contributed by atoms with E-state index in [1.54, 1.807) is 19.1 Å². The summed E-state index contributed by atoms with van der Waals surface area (Å²) in [5, 5.41) is 15.8. The lowest BCUT2D eigenvalue weighted by molar-refractivity contribution is -0.144. The van der Waals surface area contributed by atoms with Crippen LogP contribution in [0.1, 0.15) is 40.0 Å². The number of fused-ring (bicyclic) bond motifs is 1. The average Bonchev–Trinajstić information content (AvgIpc) is 3.37. The van der Waals surface area contributed by atoms with Gasteiger partial charge in [0, 0.05) is 16.6 Å². The molecule has 4 rings (SSSR count). The summed E-state index contributed by atoms with van der Waals surface area (Å²) in [4.78, 5) is 41.9. The molecule has 8 atom stereocenters. The van der Waals surface area contributed by atoms with E-state index in [2.05, 4.69) is 26.6 Å². The number of hydrogen-bond donors (Lipinski definition) is 3. The Morgan fingerprint density at radius 2 is 1.97 bits per heavy atom. The van der Waals surface area contributed by atoms with Crippen LogP contribution in [0.5, 0.6) is 0 Å². The average molecular weight is 522 g/mol. The van der Waals surface area contributed by atoms with Gasteiger partial charge in [-0.05, 0) is 38.8 Å². The number of ether oxygens (including phenoxy) is 1. The second kappa shape index (κ2) is 9.35. The third kappa shape index (κ3) is 3.98. The van der Waals surface area contributed by atoms with Crippen LogP contribution >= 0.6 is 15.9 Å². The van der Waals surface area contributed by atoms with Crippen LogP contribution in [0.15, 0.2) is 30.3 Å². The topological polar surface area (TPSA) is 108 Å². The van der Waals surface area contributed by atoms with Crippen LogP contribution in [0.3, 0.4) is 0 Å². The van der Waals surface area contributed by atoms with Gasteiger partial charge in [0.1, 0.15) is 11.6 Å². The molecule has 4 unspecified atom stereocenters. The molecule has 0 aromatic heterocycles. The molecular weight excluding hydrogens is 490 g/mol. The number of amides is 3. The zero-order chi connectivity index (χ0) is 23.9. The molecular formula is C24H32BrN3O5. The van der Waals surface area contributed by atoms with Crippen molar-refractivity contribution < 1.29 is 24.2 Å². The summed E-state index contributed by atoms with van der Waals surface area (Å²) in [7, 11) is 0. The van der Waals surface area contributed by atoms with E-state index in [0.717, 1.165) is 12.8 Å². The Labute approximate surface area is 202 Å². The maximum atomic E-state index is 13.7. The van der Waals surface area contributed by atoms with Crippen LogP contribution in [-0.4, -0.2) is 69.0 Å². The van der Waals surface area contributed by atoms with Gasteiger partial charge in [0.25, 0.3) is 0 Å². The maximum Gasteiger partial charge on any atom is 0.246 e. The van der Waals surface area contributed by atoms with Crippen molar-refractivity contribution in [2.45, 2.75) is 74.7 Å². The number of alkyl halides is 1. The van der Waals surface area contributed by atoms with E-state index in [1.807, 2.05) is 32.0 Å². The maximum absolute atomic E-state index is 13.7. The van der Waals surface area contributed by atoms with Crippen molar-refractivity contribution in [3.63, 3.8) is 0 Å². The first-order chi connectivity index (χ1) is 15.7. The van der Waals surface area contributed by atoms with Gasteiger partial charge >= 0.3 is 0 Å². The van der Waals surface area contributed by atoms with E-state index in [-0.39, 0.29) is 35.2 Å². The van der Waals surface area contributed by atoms with E-state index < -0.39 is 35.6 Å². The molecule has 3 saturated heterocycles. The predicted octanol–water partition coefficient (Wildman–Crippen LogP) is 2.06. The fraction of sp³-hybridized carbons (Fsp3) is 0.625. The van der Waals surface area contributed by atoms with Crippen molar-refractivity contribution in [3.8, 4) is 0 Å². The fourth-order valence-electron chi connectivity index (χ4n) is 5.80. The Balaban J connectivity index is 1.69. The zero-order valence-electron chi connectivity index (χ0n) is 19.2. The van der Waals surface area contributed by atoms with Gasteiger partial charge in [-0.2, -0.15) is 0 Å². The summed E-state index contributed by atoms with van der Waals surface area (Å²) in [6, 6.07) is 7.53. The molecule has 1 spiro atoms. The second-order valence-electron chi connectivity index (χ2n) is 9.49. The number of nitrogens with zero attached hydrogens (tertiary/aromatic N) is 1. The molecule has 0 radical (unpaired) electrons. The number of hydrogen-bond acceptors (Lipinski definition) is 5. The highest BCUT2D eigenvalue weighted by Gasteiger charge is 2.76. The molecule has 3 fully saturated rings. The highest BCUT2D eigenvalue weighted by molar-refractivity contribution is 9.09. The van der Waals surface area contributed by atoms with Crippen molar-refractivity contribution in [2.24, 2.45) is 11.8 Å². The van der Waals surface area contributed by atoms with E-state index in [0.29, 0.717) is 12.1 Å². The Morgan fingerprint density at radius 3 is 2.61 bits per heavy atom. The Hall–Kier alpha value is -1.97. The van der Waals surface area contributed by atoms with Crippen molar-refractivity contribution in [1.29, 1.82) is 0 Å². The number of aliphatic hydroxyl groups excluding tert-OH is 1. The van der Waals surface area contributed by atoms with Crippen molar-refractivity contribution in [2.75, 3.05) is 11.9 Å². The zero-order valence-corrected chi connectivity index (χ0v) is 20.7. The van der Waals surface area contributed by atoms with Crippen LogP contribution in [-0.2, 0) is 19.1 Å². The van der Waals surface area contributed by atoms with Crippen LogP contribution in [0.4, 0.5) is 5.69 Å². The van der Waals surface area contributed by atoms with Crippen LogP contribution in [0, 0.1) is 11.8 Å². The normalized spacial score (nSPS) is 34.2. The first-order valence-corrected chi connectivity index (χ1v) is 12.6. The monoisotopic (exact) mass is 521 g/mol. The van der Waals surface area contributed by atoms with Crippen molar-refractivity contribution >= 4 is 39.3 Å². The molecule has 3 aliphatic heterocycles. The van der Waals surface area contributed by atoms with E-state index in [4.69, 9.17) is 4.74 Å². The summed E-state index contributed by atoms with van der Waals surface area (Å²) in [5.74, 6) is -2.43. The second-order valence-corrected chi connectivity index (χ2v) is 10.7. The molecule has 3 N–H and O–H groups in total. The third-order valence-corrected chi connectivity index (χ3v) is 8.01. The minimum atomic E-state index is -1.12. The van der Waals surface area contributed by atoms with Gasteiger partial charge < -0.3 is 25.4 Å². The lowest BCUT2D eigenvalue weighted by Gasteiger charge is -2.36. The van der Waals surface area contributed by atoms with Gasteiger partial charge in [-0.25, -0.2) is 0 Å². The standard InChI is InChI=1S/C24H32BrN3O5/c1-4-8-13(2)26-22(31)20-24-11-16(25)19(33-24)17(18(24)23(32)28(20)14(3)12-29)21(30)27-15-9-6-5-7-10-15/h5-7,9-10,13-14,16-20,29H,4,8,11-12H2,1-3H3,(H,26,31)(H,27,30)/t13?,14-,16?,17-,18+,19-,20?,24?/m1/s1. The number of carbonyl (C=O) groups is 3. The number of aliphatic hydroxyl groups is 1. The van der Waals surface area contributed by atoms with E-state index >= 15 is 0 Å². The van der Waals surface area contributed by atoms with E-state index in [1.165, 1.54) is 4.90 Å². The minimum Gasteiger partial charge on any atom is -0.394 e. The molecule has 1 aromatic carbocycles. The number of nitrogens with one attached hydrogen (secondary N) is 2. The highest BCUT2D eigenvalue weighted by atomic mass is 79.9. The lowest BCUT2D eigenvalue weighted by Crippen LogP contribution is -2.58. The van der Waals surface area contributed by atoms with Gasteiger partial charge in [-0.1, -0.05) is 47.5 Å². The Morgan fingerprint density at radius 1 is 1.27 bits per heavy atom. The molecule has 9 heteroatoms. The Bertz CT molecular complexity index is 915. The van der Waals surface area contributed by atoms with Gasteiger partial charge in [-0.15, -0.1) is 0 Å². The number of carbonyl (C=O) groups excluding carboxylic acids is 3. The highest BCUT2D eigenvalue weighted by Crippen LogP contribution is 2.60. The molecule has 3 amide bonds. The number of halogens is 1. The van der Waals surface area contributed by atoms with Crippen LogP contribution in [0.25, 0.3) is 0 Å². The number of benzene rings is 1. The van der Waals surface area contributed by atoms with Gasteiger partial charge in [0.15, 0.2) is 0 Å². The SMILES string of the molecule is CCCC(C)NC(=O)C1N([C@H](C)CO)C(=O)[C@@H]2[C@@H](C(=O)Nc3ccccc3)[C@@H]3OC12CC3Br.